The summed E-state index contributed by atoms with van der Waals surface area (Å²) in [5.41, 5.74) is 6.80. The Labute approximate surface area is 96.0 Å². The van der Waals surface area contributed by atoms with Crippen molar-refractivity contribution >= 4 is 0 Å². The highest BCUT2D eigenvalue weighted by Crippen LogP contribution is 2.13. The lowest BCUT2D eigenvalue weighted by atomic mass is 10.0. The van der Waals surface area contributed by atoms with E-state index < -0.39 is 12.1 Å². The maximum absolute atomic E-state index is 9.78. The Morgan fingerprint density at radius 3 is 2.56 bits per heavy atom. The van der Waals surface area contributed by atoms with Crippen molar-refractivity contribution in [2.45, 2.75) is 12.1 Å². The third kappa shape index (κ3) is 4.28. The van der Waals surface area contributed by atoms with Gasteiger partial charge in [-0.05, 0) is 5.56 Å². The molecule has 4 heteroatoms. The minimum absolute atomic E-state index is 0.222. The normalized spacial score (nSPS) is 14.7. The van der Waals surface area contributed by atoms with E-state index in [1.807, 2.05) is 30.3 Å². The second kappa shape index (κ2) is 7.35. The van der Waals surface area contributed by atoms with Crippen molar-refractivity contribution in [2.24, 2.45) is 5.73 Å². The van der Waals surface area contributed by atoms with Gasteiger partial charge >= 0.3 is 0 Å². The highest BCUT2D eigenvalue weighted by Gasteiger charge is 2.16. The van der Waals surface area contributed by atoms with Crippen LogP contribution in [0.25, 0.3) is 0 Å². The van der Waals surface area contributed by atoms with E-state index in [4.69, 9.17) is 15.2 Å². The minimum atomic E-state index is -0.695. The Morgan fingerprint density at radius 1 is 1.25 bits per heavy atom. The van der Waals surface area contributed by atoms with Gasteiger partial charge in [0.15, 0.2) is 0 Å². The molecule has 90 valence electrons. The SMILES string of the molecule is COCCOC[C@H](O)[C@H](N)c1ccccc1. The van der Waals surface area contributed by atoms with Crippen molar-refractivity contribution in [1.82, 2.24) is 0 Å². The van der Waals surface area contributed by atoms with Gasteiger partial charge in [-0.25, -0.2) is 0 Å². The number of aliphatic hydroxyl groups excluding tert-OH is 1. The summed E-state index contributed by atoms with van der Waals surface area (Å²) >= 11 is 0. The monoisotopic (exact) mass is 225 g/mol. The molecule has 0 aliphatic carbocycles. The predicted octanol–water partition coefficient (Wildman–Crippen LogP) is 0.710. The molecular formula is C12H19NO3. The first-order chi connectivity index (χ1) is 7.75. The van der Waals surface area contributed by atoms with Crippen LogP contribution in [0.1, 0.15) is 11.6 Å². The van der Waals surface area contributed by atoms with Gasteiger partial charge < -0.3 is 20.3 Å². The van der Waals surface area contributed by atoms with Crippen molar-refractivity contribution in [1.29, 1.82) is 0 Å². The van der Waals surface area contributed by atoms with Crippen LogP contribution in [-0.4, -0.2) is 38.1 Å². The average Bonchev–Trinajstić information content (AvgIpc) is 2.34. The Hall–Kier alpha value is -0.940. The van der Waals surface area contributed by atoms with Crippen molar-refractivity contribution in [2.75, 3.05) is 26.9 Å². The molecular weight excluding hydrogens is 206 g/mol. The van der Waals surface area contributed by atoms with E-state index >= 15 is 0 Å². The summed E-state index contributed by atoms with van der Waals surface area (Å²) in [6, 6.07) is 9.08. The fraction of sp³-hybridized carbons (Fsp3) is 0.500. The molecule has 0 saturated heterocycles. The lowest BCUT2D eigenvalue weighted by Crippen LogP contribution is -2.30. The van der Waals surface area contributed by atoms with Gasteiger partial charge in [0, 0.05) is 7.11 Å². The molecule has 0 spiro atoms. The van der Waals surface area contributed by atoms with Gasteiger partial charge in [0.2, 0.25) is 0 Å². The third-order valence-corrected chi connectivity index (χ3v) is 2.32. The van der Waals surface area contributed by atoms with E-state index in [0.717, 1.165) is 5.56 Å². The fourth-order valence-corrected chi connectivity index (χ4v) is 1.35. The molecule has 0 fully saturated rings. The van der Waals surface area contributed by atoms with Crippen molar-refractivity contribution < 1.29 is 14.6 Å². The van der Waals surface area contributed by atoms with E-state index in [2.05, 4.69) is 0 Å². The molecule has 16 heavy (non-hydrogen) atoms. The predicted molar refractivity (Wildman–Crippen MR) is 62.1 cm³/mol. The zero-order valence-electron chi connectivity index (χ0n) is 9.50. The van der Waals surface area contributed by atoms with Crippen LogP contribution in [0.4, 0.5) is 0 Å². The van der Waals surface area contributed by atoms with E-state index in [0.29, 0.717) is 13.2 Å². The maximum Gasteiger partial charge on any atom is 0.0965 e. The van der Waals surface area contributed by atoms with Gasteiger partial charge in [0.25, 0.3) is 0 Å². The molecule has 0 aliphatic rings. The lowest BCUT2D eigenvalue weighted by molar-refractivity contribution is 0.00347. The van der Waals surface area contributed by atoms with Crippen LogP contribution in [0.3, 0.4) is 0 Å². The number of benzene rings is 1. The minimum Gasteiger partial charge on any atom is -0.389 e. The lowest BCUT2D eigenvalue weighted by Gasteiger charge is -2.19. The van der Waals surface area contributed by atoms with Gasteiger partial charge in [-0.1, -0.05) is 30.3 Å². The van der Waals surface area contributed by atoms with Crippen LogP contribution < -0.4 is 5.73 Å². The second-order valence-electron chi connectivity index (χ2n) is 3.57. The summed E-state index contributed by atoms with van der Waals surface area (Å²) in [4.78, 5) is 0. The van der Waals surface area contributed by atoms with E-state index in [1.54, 1.807) is 7.11 Å². The van der Waals surface area contributed by atoms with Gasteiger partial charge in [-0.3, -0.25) is 0 Å². The molecule has 3 N–H and O–H groups in total. The molecule has 0 bridgehead atoms. The van der Waals surface area contributed by atoms with E-state index in [9.17, 15) is 5.11 Å². The molecule has 0 radical (unpaired) electrons. The maximum atomic E-state index is 9.78. The number of hydrogen-bond donors (Lipinski definition) is 2. The molecule has 0 unspecified atom stereocenters. The summed E-state index contributed by atoms with van der Waals surface area (Å²) in [7, 11) is 1.61. The van der Waals surface area contributed by atoms with Crippen molar-refractivity contribution in [3.8, 4) is 0 Å². The highest BCUT2D eigenvalue weighted by atomic mass is 16.5. The Bertz CT molecular complexity index is 279. The molecule has 2 atom stereocenters. The van der Waals surface area contributed by atoms with Gasteiger partial charge in [-0.15, -0.1) is 0 Å². The molecule has 0 aliphatic heterocycles. The summed E-state index contributed by atoms with van der Waals surface area (Å²) < 4.78 is 10.1. The Kier molecular flexibility index (Phi) is 6.03. The zero-order chi connectivity index (χ0) is 11.8. The summed E-state index contributed by atoms with van der Waals surface area (Å²) in [5.74, 6) is 0. The topological polar surface area (TPSA) is 64.7 Å². The molecule has 0 amide bonds. The van der Waals surface area contributed by atoms with Gasteiger partial charge in [0.05, 0.1) is 32.0 Å². The number of nitrogens with two attached hydrogens (primary N) is 1. The van der Waals surface area contributed by atoms with Crippen molar-refractivity contribution in [3.63, 3.8) is 0 Å². The molecule has 1 aromatic carbocycles. The van der Waals surface area contributed by atoms with E-state index in [-0.39, 0.29) is 6.61 Å². The number of aliphatic hydroxyl groups is 1. The first-order valence-corrected chi connectivity index (χ1v) is 5.31. The summed E-state index contributed by atoms with van der Waals surface area (Å²) in [6.45, 7) is 1.21. The van der Waals surface area contributed by atoms with Crippen LogP contribution in [0.5, 0.6) is 0 Å². The largest absolute Gasteiger partial charge is 0.389 e. The number of hydrogen-bond acceptors (Lipinski definition) is 4. The summed E-state index contributed by atoms with van der Waals surface area (Å²) in [6.07, 6.45) is -0.695. The van der Waals surface area contributed by atoms with E-state index in [1.165, 1.54) is 0 Å². The third-order valence-electron chi connectivity index (χ3n) is 2.32. The smallest absolute Gasteiger partial charge is 0.0965 e. The Morgan fingerprint density at radius 2 is 1.94 bits per heavy atom. The van der Waals surface area contributed by atoms with Crippen molar-refractivity contribution in [3.05, 3.63) is 35.9 Å². The summed E-state index contributed by atoms with van der Waals surface area (Å²) in [5, 5.41) is 9.78. The molecule has 0 heterocycles. The average molecular weight is 225 g/mol. The van der Waals surface area contributed by atoms with Crippen LogP contribution in [0.15, 0.2) is 30.3 Å². The molecule has 4 nitrogen and oxygen atoms in total. The highest BCUT2D eigenvalue weighted by molar-refractivity contribution is 5.19. The standard InChI is InChI=1S/C12H19NO3/c1-15-7-8-16-9-11(14)12(13)10-5-3-2-4-6-10/h2-6,11-12,14H,7-9,13H2,1H3/t11-,12+/m0/s1. The molecule has 0 saturated carbocycles. The first kappa shape index (κ1) is 13.1. The second-order valence-corrected chi connectivity index (χ2v) is 3.57. The quantitative estimate of drug-likeness (QED) is 0.671. The van der Waals surface area contributed by atoms with Gasteiger partial charge in [0.1, 0.15) is 0 Å². The van der Waals surface area contributed by atoms with Crippen LogP contribution >= 0.6 is 0 Å². The molecule has 1 rings (SSSR count). The number of rotatable bonds is 7. The molecule has 0 aromatic heterocycles. The first-order valence-electron chi connectivity index (χ1n) is 5.31. The van der Waals surface area contributed by atoms with Crippen LogP contribution in [0, 0.1) is 0 Å². The zero-order valence-corrected chi connectivity index (χ0v) is 9.50. The van der Waals surface area contributed by atoms with Gasteiger partial charge in [-0.2, -0.15) is 0 Å². The van der Waals surface area contributed by atoms with Crippen LogP contribution in [-0.2, 0) is 9.47 Å². The molecule has 1 aromatic rings. The van der Waals surface area contributed by atoms with Crippen LogP contribution in [0.2, 0.25) is 0 Å². The number of ether oxygens (including phenoxy) is 2. The number of methoxy groups -OCH3 is 1. The Balaban J connectivity index is 2.33. The fourth-order valence-electron chi connectivity index (χ4n) is 1.35.